The molecule has 0 aromatic heterocycles. The molecule has 0 heterocycles. The molecule has 1 aliphatic carbocycles. The molecule has 7 heteroatoms. The van der Waals surface area contributed by atoms with Crippen molar-refractivity contribution in [1.82, 2.24) is 0 Å². The first-order chi connectivity index (χ1) is 6.83. The van der Waals surface area contributed by atoms with E-state index in [-0.39, 0.29) is 26.7 Å². The molecule has 0 aliphatic heterocycles. The fourth-order valence-corrected chi connectivity index (χ4v) is 1.33. The van der Waals surface area contributed by atoms with Crippen molar-refractivity contribution in [1.29, 1.82) is 0 Å². The van der Waals surface area contributed by atoms with Crippen molar-refractivity contribution >= 4 is 11.9 Å². The molecule has 1 fully saturated rings. The molecule has 0 aromatic rings. The van der Waals surface area contributed by atoms with Gasteiger partial charge in [0.05, 0.1) is 5.66 Å². The number of carboxylic acids is 2. The van der Waals surface area contributed by atoms with Gasteiger partial charge < -0.3 is 31.3 Å². The molecule has 1 aliphatic rings. The Kier molecular flexibility index (Phi) is 9.72. The van der Waals surface area contributed by atoms with Gasteiger partial charge in [-0.1, -0.05) is 19.3 Å². The second-order valence-electron chi connectivity index (χ2n) is 3.71. The number of hydrogen-bond donors (Lipinski definition) is 2. The number of carbonyl (C=O) groups excluding carboxylic acids is 2. The Balaban J connectivity index is 0. The average molecular weight is 411 g/mol. The molecule has 0 saturated heterocycles. The normalized spacial score (nSPS) is 17.4. The SMILES string of the molecule is NC1(N)CCCCC1.O=C([O-])CC(=O)[O-].[Pt+2]. The molecule has 6 nitrogen and oxygen atoms in total. The predicted octanol–water partition coefficient (Wildman–Crippen LogP) is -2.56. The molecule has 4 N–H and O–H groups in total. The van der Waals surface area contributed by atoms with E-state index in [1.165, 1.54) is 19.3 Å². The van der Waals surface area contributed by atoms with Gasteiger partial charge in [-0.2, -0.15) is 0 Å². The van der Waals surface area contributed by atoms with Crippen LogP contribution in [0.25, 0.3) is 0 Å². The molecule has 0 unspecified atom stereocenters. The zero-order valence-electron chi connectivity index (χ0n) is 8.85. The maximum atomic E-state index is 9.28. The van der Waals surface area contributed by atoms with Crippen LogP contribution in [0.2, 0.25) is 0 Å². The largest absolute Gasteiger partial charge is 2.00 e. The maximum Gasteiger partial charge on any atom is 2.00 e. The molecule has 0 atom stereocenters. The second-order valence-corrected chi connectivity index (χ2v) is 3.71. The third-order valence-electron chi connectivity index (χ3n) is 2.07. The third kappa shape index (κ3) is 11.6. The van der Waals surface area contributed by atoms with E-state index < -0.39 is 18.4 Å². The van der Waals surface area contributed by atoms with E-state index in [0.29, 0.717) is 0 Å². The zero-order chi connectivity index (χ0) is 11.9. The molecular formula is C9H16N2O4Pt. The van der Waals surface area contributed by atoms with Gasteiger partial charge in [0.25, 0.3) is 0 Å². The summed E-state index contributed by atoms with van der Waals surface area (Å²) in [6, 6.07) is 0. The quantitative estimate of drug-likeness (QED) is 0.380. The van der Waals surface area contributed by atoms with E-state index in [1.54, 1.807) is 0 Å². The Morgan fingerprint density at radius 1 is 1.00 bits per heavy atom. The number of nitrogens with two attached hydrogens (primary N) is 2. The molecule has 0 radical (unpaired) electrons. The van der Waals surface area contributed by atoms with Crippen molar-refractivity contribution in [3.63, 3.8) is 0 Å². The van der Waals surface area contributed by atoms with Crippen LogP contribution in [0.1, 0.15) is 38.5 Å². The van der Waals surface area contributed by atoms with Crippen molar-refractivity contribution in [2.45, 2.75) is 44.2 Å². The van der Waals surface area contributed by atoms with Crippen LogP contribution in [0.4, 0.5) is 0 Å². The van der Waals surface area contributed by atoms with Crippen LogP contribution in [-0.2, 0) is 30.7 Å². The molecule has 1 saturated carbocycles. The summed E-state index contributed by atoms with van der Waals surface area (Å²) in [5.41, 5.74) is 11.0. The molecule has 0 bridgehead atoms. The van der Waals surface area contributed by atoms with Crippen molar-refractivity contribution in [2.75, 3.05) is 0 Å². The minimum Gasteiger partial charge on any atom is -0.550 e. The van der Waals surface area contributed by atoms with Gasteiger partial charge in [0.2, 0.25) is 0 Å². The topological polar surface area (TPSA) is 132 Å². The number of carboxylic acid groups (broad SMARTS) is 2. The summed E-state index contributed by atoms with van der Waals surface area (Å²) in [6.07, 6.45) is 4.73. The van der Waals surface area contributed by atoms with Gasteiger partial charge in [0, 0.05) is 18.4 Å². The van der Waals surface area contributed by atoms with E-state index in [9.17, 15) is 19.8 Å². The predicted molar refractivity (Wildman–Crippen MR) is 48.8 cm³/mol. The van der Waals surface area contributed by atoms with E-state index in [2.05, 4.69) is 0 Å². The van der Waals surface area contributed by atoms with Gasteiger partial charge in [0.1, 0.15) is 0 Å². The summed E-state index contributed by atoms with van der Waals surface area (Å²) in [7, 11) is 0. The van der Waals surface area contributed by atoms with Gasteiger partial charge in [0.15, 0.2) is 0 Å². The molecule has 16 heavy (non-hydrogen) atoms. The Bertz CT molecular complexity index is 214. The summed E-state index contributed by atoms with van der Waals surface area (Å²) in [5.74, 6) is -3.25. The van der Waals surface area contributed by atoms with Crippen molar-refractivity contribution in [3.8, 4) is 0 Å². The Morgan fingerprint density at radius 2 is 1.38 bits per heavy atom. The van der Waals surface area contributed by atoms with Gasteiger partial charge in [-0.25, -0.2) is 0 Å². The summed E-state index contributed by atoms with van der Waals surface area (Å²) >= 11 is 0. The Hall–Kier alpha value is -0.452. The third-order valence-corrected chi connectivity index (χ3v) is 2.07. The monoisotopic (exact) mass is 411 g/mol. The van der Waals surface area contributed by atoms with E-state index >= 15 is 0 Å². The first-order valence-corrected chi connectivity index (χ1v) is 4.81. The van der Waals surface area contributed by atoms with Crippen molar-refractivity contribution in [2.24, 2.45) is 11.5 Å². The van der Waals surface area contributed by atoms with Gasteiger partial charge >= 0.3 is 21.1 Å². The minimum absolute atomic E-state index is 0. The molecule has 96 valence electrons. The summed E-state index contributed by atoms with van der Waals surface area (Å²) < 4.78 is 0. The van der Waals surface area contributed by atoms with Crippen molar-refractivity contribution in [3.05, 3.63) is 0 Å². The van der Waals surface area contributed by atoms with Gasteiger partial charge in [-0.15, -0.1) is 0 Å². The molecular weight excluding hydrogens is 395 g/mol. The first-order valence-electron chi connectivity index (χ1n) is 4.81. The molecule has 0 aromatic carbocycles. The standard InChI is InChI=1S/C6H14N2.C3H4O4.Pt/c7-6(8)4-2-1-3-5-6;4-2(5)1-3(6)7;/h1-5,7-8H2;1H2,(H,4,5)(H,6,7);/q;;+2/p-2. The second kappa shape index (κ2) is 8.67. The van der Waals surface area contributed by atoms with E-state index in [0.717, 1.165) is 12.8 Å². The summed E-state index contributed by atoms with van der Waals surface area (Å²) in [6.45, 7) is 0. The van der Waals surface area contributed by atoms with Gasteiger partial charge in [-0.3, -0.25) is 0 Å². The number of rotatable bonds is 2. The summed E-state index contributed by atoms with van der Waals surface area (Å²) in [4.78, 5) is 18.6. The molecule has 0 spiro atoms. The van der Waals surface area contributed by atoms with Crippen LogP contribution in [0.15, 0.2) is 0 Å². The van der Waals surface area contributed by atoms with Crippen LogP contribution in [0.5, 0.6) is 0 Å². The van der Waals surface area contributed by atoms with Crippen molar-refractivity contribution < 1.29 is 40.9 Å². The first kappa shape index (κ1) is 17.9. The number of aliphatic carboxylic acids is 2. The smallest absolute Gasteiger partial charge is 0.550 e. The molecule has 0 amide bonds. The molecule has 1 rings (SSSR count). The van der Waals surface area contributed by atoms with Crippen LogP contribution in [-0.4, -0.2) is 17.6 Å². The summed E-state index contributed by atoms with van der Waals surface area (Å²) in [5, 5.41) is 18.6. The van der Waals surface area contributed by atoms with Crippen LogP contribution >= 0.6 is 0 Å². The zero-order valence-corrected chi connectivity index (χ0v) is 11.1. The maximum absolute atomic E-state index is 9.28. The average Bonchev–Trinajstić information content (AvgIpc) is 2.01. The fraction of sp³-hybridized carbons (Fsp3) is 0.778. The Labute approximate surface area is 109 Å². The minimum atomic E-state index is -1.63. The Morgan fingerprint density at radius 3 is 1.50 bits per heavy atom. The van der Waals surface area contributed by atoms with Gasteiger partial charge in [-0.05, 0) is 12.8 Å². The number of hydrogen-bond acceptors (Lipinski definition) is 6. The van der Waals surface area contributed by atoms with Crippen LogP contribution in [0, 0.1) is 0 Å². The number of carbonyl (C=O) groups is 2. The van der Waals surface area contributed by atoms with E-state index in [4.69, 9.17) is 11.5 Å². The van der Waals surface area contributed by atoms with Crippen LogP contribution < -0.4 is 21.7 Å². The fourth-order valence-electron chi connectivity index (χ4n) is 1.33. The van der Waals surface area contributed by atoms with Crippen LogP contribution in [0.3, 0.4) is 0 Å². The van der Waals surface area contributed by atoms with E-state index in [1.807, 2.05) is 0 Å².